The standard InChI is InChI=1S/C12H9N3OS/c16-17-11(6-9-4-2-1-3-5-9)15-10-7-13-8-14-12(10)17/h1-8,15H. The molecule has 5 heteroatoms. The highest BCUT2D eigenvalue weighted by atomic mass is 32.2. The van der Waals surface area contributed by atoms with Gasteiger partial charge in [0.25, 0.3) is 0 Å². The molecule has 0 bridgehead atoms. The van der Waals surface area contributed by atoms with Crippen LogP contribution in [0.5, 0.6) is 0 Å². The van der Waals surface area contributed by atoms with Gasteiger partial charge in [-0.3, -0.25) is 0 Å². The van der Waals surface area contributed by atoms with Gasteiger partial charge in [-0.25, -0.2) is 14.2 Å². The topological polar surface area (TPSA) is 54.9 Å². The number of hydrogen-bond acceptors (Lipinski definition) is 4. The molecule has 0 fully saturated rings. The maximum Gasteiger partial charge on any atom is 0.160 e. The van der Waals surface area contributed by atoms with Gasteiger partial charge in [-0.2, -0.15) is 0 Å². The number of fused-ring (bicyclic) bond motifs is 1. The molecule has 1 N–H and O–H groups in total. The van der Waals surface area contributed by atoms with Crippen molar-refractivity contribution >= 4 is 22.6 Å². The normalized spacial score (nSPS) is 20.0. The van der Waals surface area contributed by atoms with Crippen LogP contribution in [-0.2, 0) is 10.8 Å². The molecule has 1 aromatic heterocycles. The van der Waals surface area contributed by atoms with Crippen LogP contribution in [0.15, 0.2) is 52.9 Å². The Morgan fingerprint density at radius 1 is 1.24 bits per heavy atom. The summed E-state index contributed by atoms with van der Waals surface area (Å²) in [5.74, 6) is 0. The first-order chi connectivity index (χ1) is 8.34. The Kier molecular flexibility index (Phi) is 2.45. The van der Waals surface area contributed by atoms with Crippen LogP contribution in [0.4, 0.5) is 5.69 Å². The lowest BCUT2D eigenvalue weighted by molar-refractivity contribution is 0.686. The number of nitrogens with one attached hydrogen (secondary N) is 1. The zero-order valence-corrected chi connectivity index (χ0v) is 9.65. The third-order valence-corrected chi connectivity index (χ3v) is 3.70. The van der Waals surface area contributed by atoms with Crippen molar-refractivity contribution in [2.75, 3.05) is 5.32 Å². The quantitative estimate of drug-likeness (QED) is 0.778. The summed E-state index contributed by atoms with van der Waals surface area (Å²) in [5, 5.41) is 4.26. The van der Waals surface area contributed by atoms with E-state index in [1.165, 1.54) is 6.33 Å². The molecule has 0 amide bonds. The molecule has 1 unspecified atom stereocenters. The van der Waals surface area contributed by atoms with Gasteiger partial charge in [0.1, 0.15) is 22.2 Å². The average molecular weight is 243 g/mol. The molecule has 0 spiro atoms. The minimum atomic E-state index is -1.24. The van der Waals surface area contributed by atoms with Gasteiger partial charge in [-0.1, -0.05) is 30.3 Å². The number of nitrogens with zero attached hydrogens (tertiary/aromatic N) is 2. The van der Waals surface area contributed by atoms with Gasteiger partial charge in [-0.05, 0) is 11.6 Å². The molecule has 2 heterocycles. The van der Waals surface area contributed by atoms with Gasteiger partial charge in [0, 0.05) is 0 Å². The van der Waals surface area contributed by atoms with Crippen LogP contribution in [0.25, 0.3) is 6.08 Å². The predicted octanol–water partition coefficient (Wildman–Crippen LogP) is 2.01. The SMILES string of the molecule is O=S1C(=Cc2ccccc2)Nc2cncnc21. The Balaban J connectivity index is 2.00. The molecule has 1 aliphatic rings. The molecule has 84 valence electrons. The van der Waals surface area contributed by atoms with Crippen molar-refractivity contribution in [1.82, 2.24) is 9.97 Å². The van der Waals surface area contributed by atoms with Crippen molar-refractivity contribution in [3.05, 3.63) is 53.4 Å². The number of rotatable bonds is 1. The first kappa shape index (κ1) is 10.2. The second-order valence-corrected chi connectivity index (χ2v) is 4.92. The minimum Gasteiger partial charge on any atom is -0.344 e. The van der Waals surface area contributed by atoms with Gasteiger partial charge in [0.2, 0.25) is 0 Å². The molecule has 0 aliphatic carbocycles. The molecule has 3 rings (SSSR count). The number of hydrogen-bond donors (Lipinski definition) is 1. The van der Waals surface area contributed by atoms with E-state index in [-0.39, 0.29) is 0 Å². The highest BCUT2D eigenvalue weighted by Crippen LogP contribution is 2.30. The first-order valence-electron chi connectivity index (χ1n) is 5.10. The van der Waals surface area contributed by atoms with Crippen LogP contribution in [0.2, 0.25) is 0 Å². The summed E-state index contributed by atoms with van der Waals surface area (Å²) in [5.41, 5.74) is 1.72. The predicted molar refractivity (Wildman–Crippen MR) is 66.5 cm³/mol. The van der Waals surface area contributed by atoms with E-state index in [1.54, 1.807) is 6.20 Å². The zero-order valence-electron chi connectivity index (χ0n) is 8.83. The third kappa shape index (κ3) is 1.85. The van der Waals surface area contributed by atoms with Crippen molar-refractivity contribution in [2.24, 2.45) is 0 Å². The Morgan fingerprint density at radius 3 is 2.82 bits per heavy atom. The van der Waals surface area contributed by atoms with Crippen LogP contribution in [-0.4, -0.2) is 14.2 Å². The molecule has 4 nitrogen and oxygen atoms in total. The highest BCUT2D eigenvalue weighted by Gasteiger charge is 2.24. The fraction of sp³-hybridized carbons (Fsp3) is 0. The van der Waals surface area contributed by atoms with Crippen LogP contribution in [0, 0.1) is 0 Å². The van der Waals surface area contributed by atoms with E-state index in [0.29, 0.717) is 15.7 Å². The van der Waals surface area contributed by atoms with Crippen LogP contribution >= 0.6 is 0 Å². The third-order valence-electron chi connectivity index (χ3n) is 2.41. The van der Waals surface area contributed by atoms with Crippen molar-refractivity contribution in [2.45, 2.75) is 5.03 Å². The molecule has 1 aromatic carbocycles. The van der Waals surface area contributed by atoms with E-state index in [1.807, 2.05) is 36.4 Å². The van der Waals surface area contributed by atoms with Crippen LogP contribution in [0.3, 0.4) is 0 Å². The molecular formula is C12H9N3OS. The monoisotopic (exact) mass is 243 g/mol. The molecular weight excluding hydrogens is 234 g/mol. The first-order valence-corrected chi connectivity index (χ1v) is 6.25. The Morgan fingerprint density at radius 2 is 2.06 bits per heavy atom. The van der Waals surface area contributed by atoms with Crippen LogP contribution < -0.4 is 5.32 Å². The number of anilines is 1. The average Bonchev–Trinajstić information content (AvgIpc) is 2.68. The Labute approximate surface area is 101 Å². The fourth-order valence-corrected chi connectivity index (χ4v) is 2.73. The lowest BCUT2D eigenvalue weighted by atomic mass is 10.2. The molecule has 0 saturated carbocycles. The maximum absolute atomic E-state index is 12.1. The summed E-state index contributed by atoms with van der Waals surface area (Å²) < 4.78 is 12.1. The summed E-state index contributed by atoms with van der Waals surface area (Å²) >= 11 is 0. The van der Waals surface area contributed by atoms with E-state index >= 15 is 0 Å². The van der Waals surface area contributed by atoms with Crippen LogP contribution in [0.1, 0.15) is 5.56 Å². The minimum absolute atomic E-state index is 0.544. The van der Waals surface area contributed by atoms with Gasteiger partial charge < -0.3 is 5.32 Å². The van der Waals surface area contributed by atoms with Gasteiger partial charge in [0.05, 0.1) is 11.9 Å². The Bertz CT molecular complexity index is 610. The summed E-state index contributed by atoms with van der Waals surface area (Å²) in [6.45, 7) is 0. The number of benzene rings is 1. The van der Waals surface area contributed by atoms with Crippen molar-refractivity contribution < 1.29 is 4.21 Å². The van der Waals surface area contributed by atoms with E-state index in [0.717, 1.165) is 5.56 Å². The van der Waals surface area contributed by atoms with Crippen molar-refractivity contribution in [3.8, 4) is 0 Å². The van der Waals surface area contributed by atoms with E-state index in [4.69, 9.17) is 0 Å². The largest absolute Gasteiger partial charge is 0.344 e. The molecule has 1 aliphatic heterocycles. The second-order valence-electron chi connectivity index (χ2n) is 3.55. The van der Waals surface area contributed by atoms with E-state index < -0.39 is 10.8 Å². The maximum atomic E-state index is 12.1. The van der Waals surface area contributed by atoms with Crippen molar-refractivity contribution in [3.63, 3.8) is 0 Å². The molecule has 17 heavy (non-hydrogen) atoms. The lowest BCUT2D eigenvalue weighted by Crippen LogP contribution is -1.94. The smallest absolute Gasteiger partial charge is 0.160 e. The van der Waals surface area contributed by atoms with Crippen molar-refractivity contribution in [1.29, 1.82) is 0 Å². The molecule has 2 aromatic rings. The Hall–Kier alpha value is -2.01. The molecule has 0 radical (unpaired) electrons. The number of aromatic nitrogens is 2. The van der Waals surface area contributed by atoms with Gasteiger partial charge in [0.15, 0.2) is 5.03 Å². The zero-order chi connectivity index (χ0) is 11.7. The lowest BCUT2D eigenvalue weighted by Gasteiger charge is -1.97. The summed E-state index contributed by atoms with van der Waals surface area (Å²) in [6, 6.07) is 9.75. The van der Waals surface area contributed by atoms with E-state index in [2.05, 4.69) is 15.3 Å². The molecule has 0 saturated heterocycles. The van der Waals surface area contributed by atoms with Gasteiger partial charge >= 0.3 is 0 Å². The molecule has 1 atom stereocenters. The fourth-order valence-electron chi connectivity index (χ4n) is 1.63. The summed E-state index contributed by atoms with van der Waals surface area (Å²) in [4.78, 5) is 7.91. The second kappa shape index (κ2) is 4.10. The summed E-state index contributed by atoms with van der Waals surface area (Å²) in [7, 11) is -1.24. The highest BCUT2D eigenvalue weighted by molar-refractivity contribution is 7.89. The van der Waals surface area contributed by atoms with Gasteiger partial charge in [-0.15, -0.1) is 0 Å². The summed E-state index contributed by atoms with van der Waals surface area (Å²) in [6.07, 6.45) is 4.90. The van der Waals surface area contributed by atoms with E-state index in [9.17, 15) is 4.21 Å².